The topological polar surface area (TPSA) is 49.4 Å². The average molecular weight is 369 g/mol. The van der Waals surface area contributed by atoms with E-state index in [2.05, 4.69) is 11.4 Å². The predicted octanol–water partition coefficient (Wildman–Crippen LogP) is 3.90. The molecule has 5 heteroatoms. The van der Waals surface area contributed by atoms with Crippen molar-refractivity contribution in [3.8, 4) is 0 Å². The van der Waals surface area contributed by atoms with E-state index in [1.54, 1.807) is 0 Å². The lowest BCUT2D eigenvalue weighted by Crippen LogP contribution is -2.35. The van der Waals surface area contributed by atoms with E-state index >= 15 is 0 Å². The highest BCUT2D eigenvalue weighted by atomic mass is 32.2. The molecule has 2 amide bonds. The summed E-state index contributed by atoms with van der Waals surface area (Å²) in [6.45, 7) is 4.60. The van der Waals surface area contributed by atoms with Gasteiger partial charge in [0.25, 0.3) is 5.91 Å². The van der Waals surface area contributed by atoms with Gasteiger partial charge in [-0.05, 0) is 50.5 Å². The first kappa shape index (κ1) is 18.5. The molecule has 0 saturated heterocycles. The normalized spacial score (nSPS) is 13.4. The van der Waals surface area contributed by atoms with Crippen LogP contribution in [0.5, 0.6) is 0 Å². The van der Waals surface area contributed by atoms with Crippen molar-refractivity contribution in [2.45, 2.75) is 37.6 Å². The predicted molar refractivity (Wildman–Crippen MR) is 107 cm³/mol. The molecule has 0 aromatic heterocycles. The van der Waals surface area contributed by atoms with E-state index in [-0.39, 0.29) is 17.9 Å². The molecule has 1 aliphatic heterocycles. The lowest BCUT2D eigenvalue weighted by atomic mass is 10.0. The van der Waals surface area contributed by atoms with Crippen molar-refractivity contribution in [2.75, 3.05) is 17.2 Å². The minimum absolute atomic E-state index is 0.00418. The number of nitrogens with one attached hydrogen (secondary N) is 1. The van der Waals surface area contributed by atoms with E-state index in [4.69, 9.17) is 0 Å². The third-order valence-electron chi connectivity index (χ3n) is 4.28. The zero-order valence-electron chi connectivity index (χ0n) is 15.2. The highest BCUT2D eigenvalue weighted by Gasteiger charge is 2.25. The number of aryl methyl sites for hydroxylation is 1. The van der Waals surface area contributed by atoms with Crippen molar-refractivity contribution in [3.05, 3.63) is 59.7 Å². The van der Waals surface area contributed by atoms with Crippen molar-refractivity contribution in [3.63, 3.8) is 0 Å². The number of rotatable bonds is 5. The van der Waals surface area contributed by atoms with Crippen LogP contribution in [0.4, 0.5) is 5.69 Å². The van der Waals surface area contributed by atoms with Crippen LogP contribution in [-0.2, 0) is 11.2 Å². The molecule has 0 atom stereocenters. The SMILES string of the molecule is CC(C)NC(=O)CSc1ccccc1C(=O)N1CCCc2ccccc21. The van der Waals surface area contributed by atoms with Crippen LogP contribution in [-0.4, -0.2) is 30.2 Å². The number of fused-ring (bicyclic) bond motifs is 1. The Morgan fingerprint density at radius 3 is 2.65 bits per heavy atom. The third-order valence-corrected chi connectivity index (χ3v) is 5.35. The summed E-state index contributed by atoms with van der Waals surface area (Å²) < 4.78 is 0. The van der Waals surface area contributed by atoms with Crippen LogP contribution in [0.1, 0.15) is 36.2 Å². The smallest absolute Gasteiger partial charge is 0.259 e. The van der Waals surface area contributed by atoms with E-state index in [9.17, 15) is 9.59 Å². The zero-order valence-corrected chi connectivity index (χ0v) is 16.0. The maximum Gasteiger partial charge on any atom is 0.259 e. The van der Waals surface area contributed by atoms with Gasteiger partial charge in [-0.3, -0.25) is 9.59 Å². The summed E-state index contributed by atoms with van der Waals surface area (Å²) in [6.07, 6.45) is 1.97. The van der Waals surface area contributed by atoms with Crippen molar-refractivity contribution in [1.82, 2.24) is 5.32 Å². The number of thioether (sulfide) groups is 1. The maximum absolute atomic E-state index is 13.2. The Balaban J connectivity index is 1.80. The lowest BCUT2D eigenvalue weighted by Gasteiger charge is -2.30. The highest BCUT2D eigenvalue weighted by Crippen LogP contribution is 2.30. The fourth-order valence-electron chi connectivity index (χ4n) is 3.17. The lowest BCUT2D eigenvalue weighted by molar-refractivity contribution is -0.119. The Labute approximate surface area is 159 Å². The van der Waals surface area contributed by atoms with Gasteiger partial charge in [0.2, 0.25) is 5.91 Å². The number of hydrogen-bond acceptors (Lipinski definition) is 3. The number of nitrogens with zero attached hydrogens (tertiary/aromatic N) is 1. The summed E-state index contributed by atoms with van der Waals surface area (Å²) in [7, 11) is 0. The minimum Gasteiger partial charge on any atom is -0.353 e. The van der Waals surface area contributed by atoms with E-state index in [1.807, 2.05) is 61.2 Å². The number of hydrogen-bond donors (Lipinski definition) is 1. The van der Waals surface area contributed by atoms with Gasteiger partial charge in [0.15, 0.2) is 0 Å². The second kappa shape index (κ2) is 8.41. The number of para-hydroxylation sites is 1. The van der Waals surface area contributed by atoms with Gasteiger partial charge in [-0.2, -0.15) is 0 Å². The molecule has 0 unspecified atom stereocenters. The largest absolute Gasteiger partial charge is 0.353 e. The summed E-state index contributed by atoms with van der Waals surface area (Å²) in [4.78, 5) is 27.9. The van der Waals surface area contributed by atoms with Gasteiger partial charge in [-0.1, -0.05) is 30.3 Å². The van der Waals surface area contributed by atoms with E-state index in [0.717, 1.165) is 30.0 Å². The van der Waals surface area contributed by atoms with Crippen LogP contribution in [0.25, 0.3) is 0 Å². The van der Waals surface area contributed by atoms with Gasteiger partial charge in [-0.15, -0.1) is 11.8 Å². The first-order valence-corrected chi connectivity index (χ1v) is 9.96. The van der Waals surface area contributed by atoms with Gasteiger partial charge >= 0.3 is 0 Å². The zero-order chi connectivity index (χ0) is 18.5. The summed E-state index contributed by atoms with van der Waals surface area (Å²) in [5.41, 5.74) is 2.88. The standard InChI is InChI=1S/C21H24N2O2S/c1-15(2)22-20(24)14-26-19-12-6-4-10-17(19)21(25)23-13-7-9-16-8-3-5-11-18(16)23/h3-6,8,10-12,15H,7,9,13-14H2,1-2H3,(H,22,24). The van der Waals surface area contributed by atoms with Gasteiger partial charge in [0.05, 0.1) is 11.3 Å². The summed E-state index contributed by atoms with van der Waals surface area (Å²) in [6, 6.07) is 15.8. The molecule has 26 heavy (non-hydrogen) atoms. The average Bonchev–Trinajstić information content (AvgIpc) is 2.65. The van der Waals surface area contributed by atoms with Crippen LogP contribution in [0.15, 0.2) is 53.4 Å². The van der Waals surface area contributed by atoms with Crippen LogP contribution in [0.3, 0.4) is 0 Å². The molecule has 136 valence electrons. The summed E-state index contributed by atoms with van der Waals surface area (Å²) >= 11 is 1.41. The van der Waals surface area contributed by atoms with Gasteiger partial charge in [-0.25, -0.2) is 0 Å². The van der Waals surface area contributed by atoms with Crippen molar-refractivity contribution < 1.29 is 9.59 Å². The Kier molecular flexibility index (Phi) is 5.99. The molecule has 0 fully saturated rings. The molecule has 0 spiro atoms. The second-order valence-electron chi connectivity index (χ2n) is 6.70. The molecule has 1 N–H and O–H groups in total. The number of carbonyl (C=O) groups is 2. The second-order valence-corrected chi connectivity index (χ2v) is 7.71. The number of anilines is 1. The van der Waals surface area contributed by atoms with Crippen molar-refractivity contribution >= 4 is 29.3 Å². The fourth-order valence-corrected chi connectivity index (χ4v) is 4.02. The highest BCUT2D eigenvalue weighted by molar-refractivity contribution is 8.00. The minimum atomic E-state index is -0.0180. The van der Waals surface area contributed by atoms with E-state index in [0.29, 0.717) is 11.3 Å². The van der Waals surface area contributed by atoms with Gasteiger partial charge in [0, 0.05) is 23.2 Å². The molecule has 0 bridgehead atoms. The summed E-state index contributed by atoms with van der Waals surface area (Å²) in [5.74, 6) is 0.291. The number of carbonyl (C=O) groups excluding carboxylic acids is 2. The molecule has 0 aliphatic carbocycles. The van der Waals surface area contributed by atoms with Crippen LogP contribution >= 0.6 is 11.8 Å². The Bertz CT molecular complexity index is 804. The molecule has 3 rings (SSSR count). The van der Waals surface area contributed by atoms with E-state index in [1.165, 1.54) is 17.3 Å². The van der Waals surface area contributed by atoms with Gasteiger partial charge < -0.3 is 10.2 Å². The molecule has 0 saturated carbocycles. The van der Waals surface area contributed by atoms with Crippen LogP contribution in [0, 0.1) is 0 Å². The Hall–Kier alpha value is -2.27. The number of benzene rings is 2. The molecule has 4 nitrogen and oxygen atoms in total. The molecule has 1 aliphatic rings. The van der Waals surface area contributed by atoms with E-state index < -0.39 is 0 Å². The quantitative estimate of drug-likeness (QED) is 0.815. The first-order chi connectivity index (χ1) is 12.6. The van der Waals surface area contributed by atoms with Crippen molar-refractivity contribution in [2.24, 2.45) is 0 Å². The molecule has 2 aromatic rings. The molecule has 2 aromatic carbocycles. The molecule has 0 radical (unpaired) electrons. The van der Waals surface area contributed by atoms with Crippen molar-refractivity contribution in [1.29, 1.82) is 0 Å². The number of amides is 2. The van der Waals surface area contributed by atoms with Gasteiger partial charge in [0.1, 0.15) is 0 Å². The fraction of sp³-hybridized carbons (Fsp3) is 0.333. The van der Waals surface area contributed by atoms with Crippen LogP contribution in [0.2, 0.25) is 0 Å². The van der Waals surface area contributed by atoms with Crippen LogP contribution < -0.4 is 10.2 Å². The molecule has 1 heterocycles. The maximum atomic E-state index is 13.2. The molecular formula is C21H24N2O2S. The Morgan fingerprint density at radius 2 is 1.85 bits per heavy atom. The monoisotopic (exact) mass is 368 g/mol. The Morgan fingerprint density at radius 1 is 1.12 bits per heavy atom. The third kappa shape index (κ3) is 4.28. The summed E-state index contributed by atoms with van der Waals surface area (Å²) in [5, 5.41) is 2.88. The molecular weight excluding hydrogens is 344 g/mol. The first-order valence-electron chi connectivity index (χ1n) is 8.97.